The number of halogens is 3. The van der Waals surface area contributed by atoms with E-state index in [2.05, 4.69) is 266 Å². The van der Waals surface area contributed by atoms with E-state index in [0.29, 0.717) is 17.1 Å². The molecule has 0 aliphatic rings. The Morgan fingerprint density at radius 1 is 0.210 bits per heavy atom. The van der Waals surface area contributed by atoms with Crippen LogP contribution in [0.1, 0.15) is 0 Å². The molecule has 16 aromatic rings. The van der Waals surface area contributed by atoms with Gasteiger partial charge in [-0.2, -0.15) is 0 Å². The van der Waals surface area contributed by atoms with Crippen LogP contribution in [0.25, 0.3) is 135 Å². The van der Waals surface area contributed by atoms with Gasteiger partial charge in [0.15, 0.2) is 23.3 Å². The summed E-state index contributed by atoms with van der Waals surface area (Å²) in [5.41, 5.74) is 22.7. The maximum atomic E-state index is 8.94. The monoisotopic (exact) mass is 1480 g/mol. The minimum absolute atomic E-state index is 0.509. The van der Waals surface area contributed by atoms with Crippen LogP contribution >= 0.6 is 47.8 Å². The molecule has 16 rings (SSSR count). The highest BCUT2D eigenvalue weighted by Gasteiger charge is 2.19. The van der Waals surface area contributed by atoms with Crippen molar-refractivity contribution < 1.29 is 10.0 Å². The number of nitrogens with zero attached hydrogens (tertiary/aromatic N) is 6. The minimum Gasteiger partial charge on any atom is -0.423 e. The summed E-state index contributed by atoms with van der Waals surface area (Å²) >= 11 is 10.4. The molecule has 0 spiro atoms. The van der Waals surface area contributed by atoms with Gasteiger partial charge in [0.2, 0.25) is 0 Å². The summed E-state index contributed by atoms with van der Waals surface area (Å²) in [6, 6.07) is 125. The lowest BCUT2D eigenvalue weighted by Gasteiger charge is -2.09. The van der Waals surface area contributed by atoms with Crippen LogP contribution in [0.4, 0.5) is 0 Å². The number of benzene rings is 14. The Hall–Kier alpha value is -11.2. The van der Waals surface area contributed by atoms with Gasteiger partial charge in [0.05, 0.1) is 11.4 Å². The van der Waals surface area contributed by atoms with Crippen molar-refractivity contribution in [1.82, 2.24) is 29.5 Å². The van der Waals surface area contributed by atoms with Crippen LogP contribution in [0, 0.1) is 0 Å². The Morgan fingerprint density at radius 3 is 0.670 bits per heavy atom. The predicted molar refractivity (Wildman–Crippen MR) is 422 cm³/mol. The van der Waals surface area contributed by atoms with Crippen LogP contribution < -0.4 is 5.46 Å². The summed E-state index contributed by atoms with van der Waals surface area (Å²) in [5, 5.41) is 27.8. The van der Waals surface area contributed by atoms with Crippen molar-refractivity contribution in [2.45, 2.75) is 0 Å². The second-order valence-corrected chi connectivity index (χ2v) is 26.5. The normalized spacial score (nSPS) is 10.8. The van der Waals surface area contributed by atoms with Crippen LogP contribution in [0.2, 0.25) is 0 Å². The molecule has 0 aliphatic heterocycles. The summed E-state index contributed by atoms with van der Waals surface area (Å²) < 4.78 is 6.94. The van der Waals surface area contributed by atoms with Gasteiger partial charge in [-0.25, -0.2) is 19.3 Å². The topological polar surface area (TPSA) is 102 Å². The summed E-state index contributed by atoms with van der Waals surface area (Å²) in [7, 11) is -1.39. The smallest absolute Gasteiger partial charge is 0.423 e. The first-order valence-corrected chi connectivity index (χ1v) is 35.0. The van der Waals surface area contributed by atoms with Crippen LogP contribution in [0.3, 0.4) is 0 Å². The molecule has 0 bridgehead atoms. The predicted octanol–water partition coefficient (Wildman–Crippen LogP) is 22.5. The Kier molecular flexibility index (Phi) is 20.5. The number of aromatic nitrogens is 6. The largest absolute Gasteiger partial charge is 0.488 e. The molecule has 480 valence electrons. The number of rotatable bonds is 14. The lowest BCUT2D eigenvalue weighted by atomic mass is 9.80. The van der Waals surface area contributed by atoms with Gasteiger partial charge in [-0.3, -0.25) is 0 Å². The molecule has 2 N–H and O–H groups in total. The van der Waals surface area contributed by atoms with Gasteiger partial charge in [-0.1, -0.05) is 351 Å². The highest BCUT2D eigenvalue weighted by Crippen LogP contribution is 2.35. The lowest BCUT2D eigenvalue weighted by Crippen LogP contribution is -2.29. The van der Waals surface area contributed by atoms with Crippen LogP contribution in [0.5, 0.6) is 0 Å². The summed E-state index contributed by atoms with van der Waals surface area (Å²) in [6.07, 6.45) is 0. The molecule has 12 heteroatoms. The van der Waals surface area contributed by atoms with E-state index in [9.17, 15) is 0 Å². The van der Waals surface area contributed by atoms with E-state index in [-0.39, 0.29) is 0 Å². The van der Waals surface area contributed by atoms with E-state index in [1.807, 2.05) is 143 Å². The Bertz CT molecular complexity index is 5100. The molecule has 0 atom stereocenters. The van der Waals surface area contributed by atoms with Crippen molar-refractivity contribution >= 4 is 60.4 Å². The van der Waals surface area contributed by atoms with Gasteiger partial charge in [0.25, 0.3) is 0 Å². The van der Waals surface area contributed by atoms with Gasteiger partial charge in [-0.15, -0.1) is 10.2 Å². The second kappa shape index (κ2) is 31.1. The van der Waals surface area contributed by atoms with Gasteiger partial charge >= 0.3 is 7.12 Å². The molecule has 0 saturated carbocycles. The van der Waals surface area contributed by atoms with Crippen molar-refractivity contribution in [1.29, 1.82) is 0 Å². The zero-order chi connectivity index (χ0) is 68.2. The zero-order valence-electron chi connectivity index (χ0n) is 53.9. The van der Waals surface area contributed by atoms with E-state index >= 15 is 0 Å². The van der Waals surface area contributed by atoms with Gasteiger partial charge < -0.3 is 10.0 Å². The van der Waals surface area contributed by atoms with Crippen LogP contribution in [0.15, 0.2) is 377 Å². The Balaban J connectivity index is 0.000000169. The standard InChI is InChI=1S/C56H39N3.C20H12Br3N3.C12H11BO2/c1-4-10-40(11-5-1)43-16-22-46(23-17-43)49-28-32-52(33-29-49)55-57-56(53-34-30-50(31-35-53)47-24-18-44(19-25-47)41-12-6-2-7-13-41)59(58-55)54-38-36-51(37-39-54)48-26-20-45(21-27-48)42-14-8-3-9-15-42;21-15-5-1-13(2-6-15)19-24-20(14-3-7-16(22)8-4-14)26(25-19)18-11-9-17(23)10-12-18;14-13(15)12-8-6-11(7-9-12)10-4-2-1-3-5-10/h1-39H;1-12H;1-9,14-15H. The van der Waals surface area contributed by atoms with Crippen molar-refractivity contribution in [3.8, 4) is 135 Å². The van der Waals surface area contributed by atoms with Crippen LogP contribution in [-0.2, 0) is 0 Å². The quantitative estimate of drug-likeness (QED) is 0.105. The molecule has 0 aliphatic carbocycles. The SMILES string of the molecule is Brc1ccc(-c2nc(-c3ccc(Br)cc3)n(-c3ccc(Br)cc3)n2)cc1.OB(O)c1ccc(-c2ccccc2)cc1.c1ccc(-c2ccc(-c3ccc(-c4nc(-c5ccc(-c6ccc(-c7ccccc7)cc6)cc5)n(-c5ccc(-c6ccc(-c7ccccc7)cc6)cc5)n4)cc3)cc2)cc1. The van der Waals surface area contributed by atoms with Crippen molar-refractivity contribution in [2.75, 3.05) is 0 Å². The molecule has 100 heavy (non-hydrogen) atoms. The maximum Gasteiger partial charge on any atom is 0.488 e. The van der Waals surface area contributed by atoms with Crippen LogP contribution in [-0.4, -0.2) is 46.7 Å². The lowest BCUT2D eigenvalue weighted by molar-refractivity contribution is 0.426. The van der Waals surface area contributed by atoms with E-state index in [4.69, 9.17) is 30.2 Å². The number of hydrogen-bond donors (Lipinski definition) is 2. The molecule has 14 aromatic carbocycles. The molecule has 0 fully saturated rings. The van der Waals surface area contributed by atoms with Crippen molar-refractivity contribution in [3.63, 3.8) is 0 Å². The van der Waals surface area contributed by atoms with E-state index in [1.54, 1.807) is 12.1 Å². The van der Waals surface area contributed by atoms with E-state index in [0.717, 1.165) is 92.1 Å². The number of hydrogen-bond acceptors (Lipinski definition) is 6. The third-order valence-electron chi connectivity index (χ3n) is 17.2. The third-order valence-corrected chi connectivity index (χ3v) is 18.8. The molecule has 0 saturated heterocycles. The molecule has 0 unspecified atom stereocenters. The summed E-state index contributed by atoms with van der Waals surface area (Å²) in [5.74, 6) is 2.95. The second-order valence-electron chi connectivity index (χ2n) is 23.7. The van der Waals surface area contributed by atoms with Crippen molar-refractivity contribution in [3.05, 3.63) is 377 Å². The Labute approximate surface area is 607 Å². The molecule has 0 amide bonds. The van der Waals surface area contributed by atoms with Gasteiger partial charge in [-0.05, 0) is 144 Å². The average molecular weight is 1490 g/mol. The van der Waals surface area contributed by atoms with Crippen molar-refractivity contribution in [2.24, 2.45) is 0 Å². The molecular formula is C88H62BBr3N6O2. The first-order valence-electron chi connectivity index (χ1n) is 32.6. The molecule has 0 radical (unpaired) electrons. The summed E-state index contributed by atoms with van der Waals surface area (Å²) in [4.78, 5) is 10.0. The minimum atomic E-state index is -1.39. The fraction of sp³-hybridized carbons (Fsp3) is 0. The molecular weight excluding hydrogens is 1420 g/mol. The zero-order valence-corrected chi connectivity index (χ0v) is 58.7. The van der Waals surface area contributed by atoms with E-state index < -0.39 is 7.12 Å². The van der Waals surface area contributed by atoms with Gasteiger partial charge in [0.1, 0.15) is 0 Å². The highest BCUT2D eigenvalue weighted by molar-refractivity contribution is 9.11. The third kappa shape index (κ3) is 15.8. The molecule has 8 nitrogen and oxygen atoms in total. The van der Waals surface area contributed by atoms with Gasteiger partial charge in [0, 0.05) is 35.7 Å². The molecule has 2 aromatic heterocycles. The molecule has 2 heterocycles. The maximum absolute atomic E-state index is 8.94. The van der Waals surface area contributed by atoms with E-state index in [1.165, 1.54) is 44.5 Å². The fourth-order valence-corrected chi connectivity index (χ4v) is 12.5. The fourth-order valence-electron chi connectivity index (χ4n) is 11.7. The Morgan fingerprint density at radius 2 is 0.400 bits per heavy atom. The first kappa shape index (κ1) is 66.0. The highest BCUT2D eigenvalue weighted by atomic mass is 79.9. The first-order chi connectivity index (χ1) is 49.1. The average Bonchev–Trinajstić information content (AvgIpc) is 1.63. The summed E-state index contributed by atoms with van der Waals surface area (Å²) in [6.45, 7) is 0.